The van der Waals surface area contributed by atoms with Crippen LogP contribution in [-0.2, 0) is 10.2 Å². The van der Waals surface area contributed by atoms with Crippen LogP contribution in [-0.4, -0.2) is 36.5 Å². The average Bonchev–Trinajstić information content (AvgIpc) is 3.10. The molecule has 3 aromatic rings. The summed E-state index contributed by atoms with van der Waals surface area (Å²) in [5, 5.41) is 13.2. The number of fused-ring (bicyclic) bond motifs is 1. The highest BCUT2D eigenvalue weighted by atomic mass is 32.2. The Balaban J connectivity index is 1.58. The molecule has 120 valence electrons. The summed E-state index contributed by atoms with van der Waals surface area (Å²) in [5.41, 5.74) is 1.40. The van der Waals surface area contributed by atoms with Crippen LogP contribution in [0.2, 0.25) is 0 Å². The van der Waals surface area contributed by atoms with Gasteiger partial charge in [0, 0.05) is 4.90 Å². The standard InChI is InChI=1S/C15H18N6OS/c1-15(2,3)10-4-6-11(7-5-10)23-8-12(22)18-14-20-19-13-16-9-17-21(13)14/h4-7,9H,8H2,1-3H3,(H,16,17,19)(H,18,20,22). The Kier molecular flexibility index (Phi) is 4.08. The molecule has 23 heavy (non-hydrogen) atoms. The first-order chi connectivity index (χ1) is 10.9. The van der Waals surface area contributed by atoms with Crippen LogP contribution in [0.4, 0.5) is 5.95 Å². The third kappa shape index (κ3) is 3.53. The lowest BCUT2D eigenvalue weighted by Crippen LogP contribution is -2.16. The van der Waals surface area contributed by atoms with Gasteiger partial charge in [0.05, 0.1) is 5.75 Å². The van der Waals surface area contributed by atoms with E-state index in [1.54, 1.807) is 0 Å². The number of aromatic amines is 1. The molecule has 0 radical (unpaired) electrons. The number of nitrogens with one attached hydrogen (secondary N) is 2. The molecule has 0 fully saturated rings. The maximum atomic E-state index is 12.0. The third-order valence-corrected chi connectivity index (χ3v) is 4.37. The first-order valence-electron chi connectivity index (χ1n) is 7.21. The zero-order valence-electron chi connectivity index (χ0n) is 13.2. The number of carbonyl (C=O) groups excluding carboxylic acids is 1. The molecule has 0 saturated heterocycles. The predicted molar refractivity (Wildman–Crippen MR) is 89.6 cm³/mol. The van der Waals surface area contributed by atoms with E-state index in [-0.39, 0.29) is 11.3 Å². The van der Waals surface area contributed by atoms with Gasteiger partial charge < -0.3 is 0 Å². The molecule has 0 bridgehead atoms. The molecule has 2 heterocycles. The van der Waals surface area contributed by atoms with Gasteiger partial charge in [-0.25, -0.2) is 0 Å². The number of amides is 1. The molecule has 3 rings (SSSR count). The quantitative estimate of drug-likeness (QED) is 0.718. The fourth-order valence-electron chi connectivity index (χ4n) is 2.06. The summed E-state index contributed by atoms with van der Waals surface area (Å²) >= 11 is 1.48. The first kappa shape index (κ1) is 15.5. The summed E-state index contributed by atoms with van der Waals surface area (Å²) in [6.07, 6.45) is 1.49. The molecular weight excluding hydrogens is 312 g/mol. The van der Waals surface area contributed by atoms with Gasteiger partial charge in [0.1, 0.15) is 6.33 Å². The fourth-order valence-corrected chi connectivity index (χ4v) is 2.76. The molecule has 0 atom stereocenters. The number of nitrogens with zero attached hydrogens (tertiary/aromatic N) is 4. The van der Waals surface area contributed by atoms with Crippen molar-refractivity contribution < 1.29 is 4.79 Å². The number of H-pyrrole nitrogens is 1. The average molecular weight is 330 g/mol. The molecule has 8 heteroatoms. The fraction of sp³-hybridized carbons (Fsp3) is 0.333. The van der Waals surface area contributed by atoms with E-state index < -0.39 is 0 Å². The Morgan fingerprint density at radius 3 is 2.70 bits per heavy atom. The maximum Gasteiger partial charge on any atom is 0.273 e. The van der Waals surface area contributed by atoms with Crippen molar-refractivity contribution in [2.24, 2.45) is 0 Å². The normalized spacial score (nSPS) is 11.8. The van der Waals surface area contributed by atoms with Gasteiger partial charge in [-0.1, -0.05) is 32.9 Å². The van der Waals surface area contributed by atoms with Crippen molar-refractivity contribution in [2.75, 3.05) is 11.1 Å². The predicted octanol–water partition coefficient (Wildman–Crippen LogP) is 2.48. The SMILES string of the molecule is CC(C)(C)c1ccc(SCC(=O)Nc2nnc3nc[nH]n23)cc1. The first-order valence-corrected chi connectivity index (χ1v) is 8.20. The number of anilines is 1. The van der Waals surface area contributed by atoms with Gasteiger partial charge in [-0.2, -0.15) is 9.50 Å². The molecule has 0 aliphatic rings. The van der Waals surface area contributed by atoms with Gasteiger partial charge in [0.2, 0.25) is 5.91 Å². The number of hydrogen-bond acceptors (Lipinski definition) is 5. The highest BCUT2D eigenvalue weighted by Gasteiger charge is 2.14. The van der Waals surface area contributed by atoms with Crippen LogP contribution < -0.4 is 5.32 Å². The molecular formula is C15H18N6OS. The van der Waals surface area contributed by atoms with E-state index in [0.717, 1.165) is 4.90 Å². The smallest absolute Gasteiger partial charge is 0.273 e. The molecule has 2 aromatic heterocycles. The molecule has 0 spiro atoms. The lowest BCUT2D eigenvalue weighted by Gasteiger charge is -2.19. The summed E-state index contributed by atoms with van der Waals surface area (Å²) in [6, 6.07) is 8.30. The zero-order chi connectivity index (χ0) is 16.4. The highest BCUT2D eigenvalue weighted by molar-refractivity contribution is 8.00. The summed E-state index contributed by atoms with van der Waals surface area (Å²) in [4.78, 5) is 17.0. The molecule has 0 unspecified atom stereocenters. The lowest BCUT2D eigenvalue weighted by molar-refractivity contribution is -0.113. The molecule has 0 aliphatic carbocycles. The second-order valence-electron chi connectivity index (χ2n) is 6.16. The Labute approximate surface area is 137 Å². The van der Waals surface area contributed by atoms with Gasteiger partial charge >= 0.3 is 0 Å². The minimum Gasteiger partial charge on any atom is -0.292 e. The Hall–Kier alpha value is -2.35. The molecule has 7 nitrogen and oxygen atoms in total. The number of rotatable bonds is 4. The number of thioether (sulfide) groups is 1. The molecule has 1 aromatic carbocycles. The van der Waals surface area contributed by atoms with Crippen LogP contribution in [0.1, 0.15) is 26.3 Å². The highest BCUT2D eigenvalue weighted by Crippen LogP contribution is 2.25. The Morgan fingerprint density at radius 1 is 1.26 bits per heavy atom. The number of hydrogen-bond donors (Lipinski definition) is 2. The summed E-state index contributed by atoms with van der Waals surface area (Å²) in [5.74, 6) is 0.925. The van der Waals surface area contributed by atoms with Crippen molar-refractivity contribution in [3.63, 3.8) is 0 Å². The van der Waals surface area contributed by atoms with E-state index in [1.807, 2.05) is 12.1 Å². The van der Waals surface area contributed by atoms with Crippen LogP contribution in [0.15, 0.2) is 35.5 Å². The molecule has 1 amide bonds. The van der Waals surface area contributed by atoms with E-state index >= 15 is 0 Å². The second-order valence-corrected chi connectivity index (χ2v) is 7.21. The maximum absolute atomic E-state index is 12.0. The van der Waals surface area contributed by atoms with E-state index in [2.05, 4.69) is 58.5 Å². The summed E-state index contributed by atoms with van der Waals surface area (Å²) in [7, 11) is 0. The van der Waals surface area contributed by atoms with E-state index in [0.29, 0.717) is 17.5 Å². The summed E-state index contributed by atoms with van der Waals surface area (Å²) in [6.45, 7) is 6.53. The number of aromatic nitrogens is 5. The molecule has 0 saturated carbocycles. The minimum absolute atomic E-state index is 0.129. The lowest BCUT2D eigenvalue weighted by atomic mass is 9.87. The third-order valence-electron chi connectivity index (χ3n) is 3.35. The van der Waals surface area contributed by atoms with Crippen molar-refractivity contribution in [3.05, 3.63) is 36.2 Å². The van der Waals surface area contributed by atoms with Crippen molar-refractivity contribution in [1.29, 1.82) is 0 Å². The Bertz CT molecular complexity index is 814. The van der Waals surface area contributed by atoms with Crippen molar-refractivity contribution in [1.82, 2.24) is 24.8 Å². The van der Waals surface area contributed by atoms with Crippen LogP contribution in [0.25, 0.3) is 5.78 Å². The van der Waals surface area contributed by atoms with Crippen LogP contribution >= 0.6 is 11.8 Å². The van der Waals surface area contributed by atoms with Gasteiger partial charge in [0.25, 0.3) is 11.7 Å². The van der Waals surface area contributed by atoms with E-state index in [1.165, 1.54) is 28.2 Å². The van der Waals surface area contributed by atoms with E-state index in [4.69, 9.17) is 0 Å². The molecule has 0 aliphatic heterocycles. The second kappa shape index (κ2) is 6.04. The zero-order valence-corrected chi connectivity index (χ0v) is 14.0. The summed E-state index contributed by atoms with van der Waals surface area (Å²) < 4.78 is 1.51. The van der Waals surface area contributed by atoms with Crippen molar-refractivity contribution in [3.8, 4) is 0 Å². The topological polar surface area (TPSA) is 88.0 Å². The van der Waals surface area contributed by atoms with Gasteiger partial charge in [-0.3, -0.25) is 15.2 Å². The van der Waals surface area contributed by atoms with Crippen LogP contribution in [0.3, 0.4) is 0 Å². The van der Waals surface area contributed by atoms with Crippen molar-refractivity contribution in [2.45, 2.75) is 31.1 Å². The number of benzene rings is 1. The van der Waals surface area contributed by atoms with E-state index in [9.17, 15) is 4.79 Å². The minimum atomic E-state index is -0.140. The van der Waals surface area contributed by atoms with Gasteiger partial charge in [-0.05, 0) is 23.1 Å². The van der Waals surface area contributed by atoms with Gasteiger partial charge in [0.15, 0.2) is 0 Å². The number of carbonyl (C=O) groups is 1. The van der Waals surface area contributed by atoms with Crippen LogP contribution in [0.5, 0.6) is 0 Å². The monoisotopic (exact) mass is 330 g/mol. The Morgan fingerprint density at radius 2 is 2.00 bits per heavy atom. The van der Waals surface area contributed by atoms with Crippen molar-refractivity contribution >= 4 is 29.4 Å². The largest absolute Gasteiger partial charge is 0.292 e. The van der Waals surface area contributed by atoms with Gasteiger partial charge in [-0.15, -0.1) is 22.0 Å². The van der Waals surface area contributed by atoms with Crippen LogP contribution in [0, 0.1) is 0 Å². The molecule has 2 N–H and O–H groups in total.